The van der Waals surface area contributed by atoms with Crippen LogP contribution in [-0.2, 0) is 9.53 Å². The van der Waals surface area contributed by atoms with E-state index in [0.717, 1.165) is 33.9 Å². The fraction of sp³-hybridized carbons (Fsp3) is 0.346. The molecule has 1 fully saturated rings. The molecule has 6 nitrogen and oxygen atoms in total. The van der Waals surface area contributed by atoms with Crippen LogP contribution in [0.5, 0.6) is 0 Å². The van der Waals surface area contributed by atoms with Crippen molar-refractivity contribution in [2.45, 2.75) is 45.7 Å². The minimum atomic E-state index is -0.217. The second-order valence-electron chi connectivity index (χ2n) is 8.59. The van der Waals surface area contributed by atoms with Gasteiger partial charge in [0.1, 0.15) is 0 Å². The van der Waals surface area contributed by atoms with E-state index in [-0.39, 0.29) is 18.1 Å². The van der Waals surface area contributed by atoms with Gasteiger partial charge < -0.3 is 19.5 Å². The van der Waals surface area contributed by atoms with Gasteiger partial charge in [-0.15, -0.1) is 0 Å². The van der Waals surface area contributed by atoms with Gasteiger partial charge in [-0.1, -0.05) is 23.7 Å². The highest BCUT2D eigenvalue weighted by Gasteiger charge is 2.41. The summed E-state index contributed by atoms with van der Waals surface area (Å²) in [6.07, 6.45) is 2.79. The molecule has 0 amide bonds. The number of rotatable bonds is 7. The number of ether oxygens (including phenoxy) is 1. The first-order valence-electron chi connectivity index (χ1n) is 11.3. The first kappa shape index (κ1) is 24.2. The average molecular weight is 497 g/mol. The van der Waals surface area contributed by atoms with Crippen molar-refractivity contribution in [2.75, 3.05) is 13.7 Å². The van der Waals surface area contributed by atoms with E-state index in [1.54, 1.807) is 6.20 Å². The van der Waals surface area contributed by atoms with E-state index in [1.807, 2.05) is 36.4 Å². The number of thiocarbonyl (C=S) groups is 1. The number of aromatic nitrogens is 2. The first-order valence-corrected chi connectivity index (χ1v) is 12.1. The number of carbonyl (C=O) groups is 1. The summed E-state index contributed by atoms with van der Waals surface area (Å²) in [5, 5.41) is 4.85. The summed E-state index contributed by atoms with van der Waals surface area (Å²) in [6, 6.07) is 13.9. The van der Waals surface area contributed by atoms with Crippen LogP contribution < -0.4 is 5.32 Å². The Labute approximate surface area is 210 Å². The van der Waals surface area contributed by atoms with Gasteiger partial charge in [0.2, 0.25) is 0 Å². The molecule has 0 aliphatic carbocycles. The Morgan fingerprint density at radius 2 is 2.00 bits per heavy atom. The zero-order chi connectivity index (χ0) is 24.4. The van der Waals surface area contributed by atoms with E-state index in [4.69, 9.17) is 28.6 Å². The van der Waals surface area contributed by atoms with E-state index < -0.39 is 0 Å². The molecule has 2 atom stereocenters. The van der Waals surface area contributed by atoms with Gasteiger partial charge in [0.05, 0.1) is 24.9 Å². The Morgan fingerprint density at radius 3 is 2.71 bits per heavy atom. The van der Waals surface area contributed by atoms with Gasteiger partial charge in [-0.2, -0.15) is 0 Å². The third-order valence-electron chi connectivity index (χ3n) is 6.41. The standard InChI is InChI=1S/C26H29ClN4O2S/c1-16-10-11-19(27)15-22(16)31-17(2)14-20(18(31)3)25-24(21-8-5-6-12-28-21)29-26(34)30(25)13-7-9-23(32)33-4/h5-6,8,10-12,14-15,24-25H,7,9,13H2,1-4H3,(H,29,34)/t24-,25-/m0/s1. The van der Waals surface area contributed by atoms with Crippen LogP contribution in [0.3, 0.4) is 0 Å². The number of esters is 1. The summed E-state index contributed by atoms with van der Waals surface area (Å²) < 4.78 is 7.07. The lowest BCUT2D eigenvalue weighted by Crippen LogP contribution is -2.31. The Bertz CT molecular complexity index is 1210. The summed E-state index contributed by atoms with van der Waals surface area (Å²) in [5.74, 6) is -0.217. The predicted molar refractivity (Wildman–Crippen MR) is 138 cm³/mol. The summed E-state index contributed by atoms with van der Waals surface area (Å²) in [6.45, 7) is 6.96. The van der Waals surface area contributed by atoms with Crippen LogP contribution in [-0.4, -0.2) is 39.2 Å². The molecule has 178 valence electrons. The number of hydrogen-bond acceptors (Lipinski definition) is 4. The van der Waals surface area contributed by atoms with E-state index in [1.165, 1.54) is 7.11 Å². The van der Waals surface area contributed by atoms with Crippen molar-refractivity contribution in [3.8, 4) is 5.69 Å². The maximum Gasteiger partial charge on any atom is 0.305 e. The summed E-state index contributed by atoms with van der Waals surface area (Å²) in [4.78, 5) is 18.5. The molecule has 3 heterocycles. The van der Waals surface area contributed by atoms with Gasteiger partial charge in [0.15, 0.2) is 5.11 Å². The van der Waals surface area contributed by atoms with Crippen LogP contribution in [0.2, 0.25) is 5.02 Å². The Hall–Kier alpha value is -2.90. The normalized spacial score (nSPS) is 17.7. The van der Waals surface area contributed by atoms with Crippen molar-refractivity contribution in [3.63, 3.8) is 0 Å². The topological polar surface area (TPSA) is 59.4 Å². The van der Waals surface area contributed by atoms with Crippen molar-refractivity contribution in [1.82, 2.24) is 19.8 Å². The van der Waals surface area contributed by atoms with Crippen LogP contribution in [0.4, 0.5) is 0 Å². The number of nitrogens with zero attached hydrogens (tertiary/aromatic N) is 3. The minimum absolute atomic E-state index is 0.0699. The van der Waals surface area contributed by atoms with Gasteiger partial charge in [0.25, 0.3) is 0 Å². The number of aryl methyl sites for hydroxylation is 2. The molecule has 1 N–H and O–H groups in total. The monoisotopic (exact) mass is 496 g/mol. The second-order valence-corrected chi connectivity index (χ2v) is 9.42. The van der Waals surface area contributed by atoms with Crippen LogP contribution in [0, 0.1) is 20.8 Å². The van der Waals surface area contributed by atoms with Gasteiger partial charge in [-0.05, 0) is 80.9 Å². The molecule has 0 unspecified atom stereocenters. The number of pyridine rings is 1. The molecule has 0 spiro atoms. The highest BCUT2D eigenvalue weighted by molar-refractivity contribution is 7.80. The van der Waals surface area contributed by atoms with Gasteiger partial charge in [0, 0.05) is 41.3 Å². The van der Waals surface area contributed by atoms with Crippen molar-refractivity contribution >= 4 is 34.9 Å². The molecule has 8 heteroatoms. The summed E-state index contributed by atoms with van der Waals surface area (Å²) in [5.41, 5.74) is 6.54. The lowest BCUT2D eigenvalue weighted by atomic mass is 9.96. The highest BCUT2D eigenvalue weighted by Crippen LogP contribution is 2.41. The summed E-state index contributed by atoms with van der Waals surface area (Å²) >= 11 is 12.1. The number of carbonyl (C=O) groups excluding carboxylic acids is 1. The fourth-order valence-electron chi connectivity index (χ4n) is 4.76. The molecule has 0 saturated carbocycles. The molecule has 1 aliphatic rings. The Balaban J connectivity index is 1.78. The molecule has 34 heavy (non-hydrogen) atoms. The van der Waals surface area contributed by atoms with Gasteiger partial charge >= 0.3 is 5.97 Å². The van der Waals surface area contributed by atoms with Crippen LogP contribution in [0.15, 0.2) is 48.7 Å². The maximum absolute atomic E-state index is 11.7. The van der Waals surface area contributed by atoms with Gasteiger partial charge in [-0.25, -0.2) is 0 Å². The molecule has 1 aliphatic heterocycles. The van der Waals surface area contributed by atoms with Crippen molar-refractivity contribution in [1.29, 1.82) is 0 Å². The number of methoxy groups -OCH3 is 1. The van der Waals surface area contributed by atoms with Crippen molar-refractivity contribution in [2.24, 2.45) is 0 Å². The molecule has 4 rings (SSSR count). The Morgan fingerprint density at radius 1 is 1.21 bits per heavy atom. The zero-order valence-electron chi connectivity index (χ0n) is 19.8. The number of nitrogens with one attached hydrogen (secondary N) is 1. The highest BCUT2D eigenvalue weighted by atomic mass is 35.5. The van der Waals surface area contributed by atoms with E-state index in [0.29, 0.717) is 29.5 Å². The Kier molecular flexibility index (Phi) is 7.24. The fourth-order valence-corrected chi connectivity index (χ4v) is 5.26. The molecule has 0 bridgehead atoms. The largest absolute Gasteiger partial charge is 0.469 e. The molecule has 1 aromatic carbocycles. The van der Waals surface area contributed by atoms with Crippen molar-refractivity contribution in [3.05, 3.63) is 81.9 Å². The van der Waals surface area contributed by atoms with E-state index >= 15 is 0 Å². The molecule has 0 radical (unpaired) electrons. The smallest absolute Gasteiger partial charge is 0.305 e. The number of benzene rings is 1. The summed E-state index contributed by atoms with van der Waals surface area (Å²) in [7, 11) is 1.41. The zero-order valence-corrected chi connectivity index (χ0v) is 21.4. The van der Waals surface area contributed by atoms with E-state index in [2.05, 4.69) is 46.6 Å². The molecule has 1 saturated heterocycles. The number of halogens is 1. The lowest BCUT2D eigenvalue weighted by molar-refractivity contribution is -0.140. The average Bonchev–Trinajstić information content (AvgIpc) is 3.31. The van der Waals surface area contributed by atoms with Crippen LogP contribution >= 0.6 is 23.8 Å². The molecular formula is C26H29ClN4O2S. The quantitative estimate of drug-likeness (QED) is 0.350. The third kappa shape index (κ3) is 4.68. The molecular weight excluding hydrogens is 468 g/mol. The van der Waals surface area contributed by atoms with Crippen LogP contribution in [0.25, 0.3) is 5.69 Å². The minimum Gasteiger partial charge on any atom is -0.469 e. The van der Waals surface area contributed by atoms with Gasteiger partial charge in [-0.3, -0.25) is 9.78 Å². The SMILES string of the molecule is COC(=O)CCCN1C(=S)N[C@@H](c2ccccn2)[C@@H]1c1cc(C)n(-c2cc(Cl)ccc2C)c1C. The molecule has 2 aromatic heterocycles. The second kappa shape index (κ2) is 10.2. The maximum atomic E-state index is 11.7. The first-order chi connectivity index (χ1) is 16.3. The third-order valence-corrected chi connectivity index (χ3v) is 6.99. The number of hydrogen-bond donors (Lipinski definition) is 1. The lowest BCUT2D eigenvalue weighted by Gasteiger charge is -2.28. The predicted octanol–water partition coefficient (Wildman–Crippen LogP) is 5.38. The van der Waals surface area contributed by atoms with Crippen LogP contribution in [0.1, 0.15) is 53.1 Å². The molecule has 3 aromatic rings. The van der Waals surface area contributed by atoms with E-state index in [9.17, 15) is 4.79 Å². The van der Waals surface area contributed by atoms with Crippen molar-refractivity contribution < 1.29 is 9.53 Å².